The Labute approximate surface area is 132 Å². The van der Waals surface area contributed by atoms with Crippen LogP contribution in [0.2, 0.25) is 0 Å². The van der Waals surface area contributed by atoms with E-state index in [4.69, 9.17) is 4.74 Å². The summed E-state index contributed by atoms with van der Waals surface area (Å²) >= 11 is 1.23. The normalized spacial score (nSPS) is 16.5. The van der Waals surface area contributed by atoms with Gasteiger partial charge in [0.2, 0.25) is 5.91 Å². The Balaban J connectivity index is 1.60. The molecule has 0 radical (unpaired) electrons. The van der Waals surface area contributed by atoms with Crippen molar-refractivity contribution in [3.63, 3.8) is 0 Å². The third kappa shape index (κ3) is 3.33. The van der Waals surface area contributed by atoms with Crippen molar-refractivity contribution in [2.75, 3.05) is 12.4 Å². The number of carbonyl (C=O) groups excluding carboxylic acids is 1. The quantitative estimate of drug-likeness (QED) is 0.533. The molecule has 0 saturated heterocycles. The lowest BCUT2D eigenvalue weighted by Gasteiger charge is -2.26. The first-order valence-corrected chi connectivity index (χ1v) is 8.04. The van der Waals surface area contributed by atoms with Crippen molar-refractivity contribution in [3.05, 3.63) is 59.4 Å². The van der Waals surface area contributed by atoms with Gasteiger partial charge in [0.25, 0.3) is 5.03 Å². The summed E-state index contributed by atoms with van der Waals surface area (Å²) in [5.41, 5.74) is 1.01. The molecule has 0 spiro atoms. The van der Waals surface area contributed by atoms with E-state index >= 15 is 0 Å². The van der Waals surface area contributed by atoms with Crippen LogP contribution in [0.1, 0.15) is 18.0 Å². The van der Waals surface area contributed by atoms with Gasteiger partial charge in [-0.1, -0.05) is 18.2 Å². The average molecular weight is 316 g/mol. The highest BCUT2D eigenvalue weighted by Crippen LogP contribution is 2.31. The lowest BCUT2D eigenvalue weighted by atomic mass is 10.0. The molecule has 0 unspecified atom stereocenters. The minimum Gasteiger partial charge on any atom is -0.618 e. The number of pyridine rings is 1. The maximum absolute atomic E-state index is 12.1. The second-order valence-electron chi connectivity index (χ2n) is 4.95. The summed E-state index contributed by atoms with van der Waals surface area (Å²) in [6.07, 6.45) is 2.18. The lowest BCUT2D eigenvalue weighted by molar-refractivity contribution is -0.645. The average Bonchev–Trinajstić information content (AvgIpc) is 2.54. The van der Waals surface area contributed by atoms with Gasteiger partial charge in [-0.2, -0.15) is 4.73 Å². The third-order valence-electron chi connectivity index (χ3n) is 3.43. The van der Waals surface area contributed by atoms with Crippen LogP contribution in [0.4, 0.5) is 0 Å². The van der Waals surface area contributed by atoms with E-state index in [9.17, 15) is 10.0 Å². The zero-order valence-corrected chi connectivity index (χ0v) is 12.7. The Morgan fingerprint density at radius 3 is 3.00 bits per heavy atom. The van der Waals surface area contributed by atoms with Gasteiger partial charge >= 0.3 is 0 Å². The molecule has 2 heterocycles. The highest BCUT2D eigenvalue weighted by molar-refractivity contribution is 7.99. The number of fused-ring (bicyclic) bond motifs is 1. The Morgan fingerprint density at radius 2 is 2.14 bits per heavy atom. The summed E-state index contributed by atoms with van der Waals surface area (Å²) in [4.78, 5) is 12.1. The molecule has 5 nitrogen and oxygen atoms in total. The number of aromatic nitrogens is 1. The Bertz CT molecular complexity index is 678. The summed E-state index contributed by atoms with van der Waals surface area (Å²) in [6, 6.07) is 12.8. The van der Waals surface area contributed by atoms with E-state index in [-0.39, 0.29) is 17.7 Å². The van der Waals surface area contributed by atoms with Crippen LogP contribution in [0.15, 0.2) is 53.7 Å². The van der Waals surface area contributed by atoms with E-state index in [0.29, 0.717) is 11.6 Å². The molecule has 22 heavy (non-hydrogen) atoms. The Kier molecular flexibility index (Phi) is 4.48. The van der Waals surface area contributed by atoms with E-state index < -0.39 is 0 Å². The number of thioether (sulfide) groups is 1. The molecular formula is C16H16N2O3S. The van der Waals surface area contributed by atoms with Crippen molar-refractivity contribution >= 4 is 17.7 Å². The van der Waals surface area contributed by atoms with Crippen molar-refractivity contribution in [2.24, 2.45) is 0 Å². The number of hydrogen-bond donors (Lipinski definition) is 1. The summed E-state index contributed by atoms with van der Waals surface area (Å²) in [7, 11) is 0. The van der Waals surface area contributed by atoms with E-state index in [1.807, 2.05) is 24.3 Å². The molecule has 1 aliphatic rings. The van der Waals surface area contributed by atoms with Crippen LogP contribution in [0.25, 0.3) is 0 Å². The second kappa shape index (κ2) is 6.70. The number of nitrogens with one attached hydrogen (secondary N) is 1. The SMILES string of the molecule is O=C(CSc1cccc[n+]1[O-])N[C@H]1CCOc2ccccc21. The fourth-order valence-corrected chi connectivity index (χ4v) is 3.12. The highest BCUT2D eigenvalue weighted by Gasteiger charge is 2.22. The first-order valence-electron chi connectivity index (χ1n) is 7.06. The zero-order valence-electron chi connectivity index (χ0n) is 11.9. The minimum absolute atomic E-state index is 0.0341. The predicted octanol–water partition coefficient (Wildman–Crippen LogP) is 2.05. The van der Waals surface area contributed by atoms with Crippen molar-refractivity contribution in [1.29, 1.82) is 0 Å². The summed E-state index contributed by atoms with van der Waals surface area (Å²) in [5, 5.41) is 15.1. The van der Waals surface area contributed by atoms with E-state index in [0.717, 1.165) is 22.5 Å². The molecule has 1 N–H and O–H groups in total. The fraction of sp³-hybridized carbons (Fsp3) is 0.250. The number of rotatable bonds is 4. The molecule has 1 atom stereocenters. The van der Waals surface area contributed by atoms with Gasteiger partial charge < -0.3 is 15.3 Å². The molecule has 1 amide bonds. The summed E-state index contributed by atoms with van der Waals surface area (Å²) in [6.45, 7) is 0.592. The standard InChI is InChI=1S/C16H16N2O3S/c19-15(11-22-16-7-3-4-9-18(16)20)17-13-8-10-21-14-6-2-1-5-12(13)14/h1-7,9,13H,8,10-11H2,(H,17,19)/t13-/m0/s1. The van der Waals surface area contributed by atoms with Crippen molar-refractivity contribution < 1.29 is 14.3 Å². The molecule has 2 aromatic rings. The van der Waals surface area contributed by atoms with Gasteiger partial charge in [0.05, 0.1) is 18.4 Å². The van der Waals surface area contributed by atoms with E-state index in [1.165, 1.54) is 18.0 Å². The first kappa shape index (κ1) is 14.7. The maximum Gasteiger partial charge on any atom is 0.251 e. The minimum atomic E-state index is -0.0874. The lowest BCUT2D eigenvalue weighted by Crippen LogP contribution is -2.34. The number of carbonyl (C=O) groups is 1. The molecule has 114 valence electrons. The molecule has 1 aromatic heterocycles. The molecule has 0 aliphatic carbocycles. The van der Waals surface area contributed by atoms with Gasteiger partial charge in [0.15, 0.2) is 6.20 Å². The van der Waals surface area contributed by atoms with Crippen LogP contribution in [0.5, 0.6) is 5.75 Å². The van der Waals surface area contributed by atoms with E-state index in [2.05, 4.69) is 5.32 Å². The predicted molar refractivity (Wildman–Crippen MR) is 83.6 cm³/mol. The van der Waals surface area contributed by atoms with Crippen molar-refractivity contribution in [1.82, 2.24) is 5.32 Å². The molecule has 1 aliphatic heterocycles. The number of amides is 1. The van der Waals surface area contributed by atoms with Gasteiger partial charge in [-0.25, -0.2) is 0 Å². The zero-order chi connectivity index (χ0) is 15.4. The monoisotopic (exact) mass is 316 g/mol. The van der Waals surface area contributed by atoms with Gasteiger partial charge in [-0.15, -0.1) is 0 Å². The molecule has 0 bridgehead atoms. The smallest absolute Gasteiger partial charge is 0.251 e. The van der Waals surface area contributed by atoms with Gasteiger partial charge in [-0.05, 0) is 23.9 Å². The largest absolute Gasteiger partial charge is 0.618 e. The van der Waals surface area contributed by atoms with Crippen molar-refractivity contribution in [2.45, 2.75) is 17.5 Å². The third-order valence-corrected chi connectivity index (χ3v) is 4.45. The number of para-hydroxylation sites is 1. The molecule has 1 aromatic carbocycles. The highest BCUT2D eigenvalue weighted by atomic mass is 32.2. The van der Waals surface area contributed by atoms with Gasteiger partial charge in [0.1, 0.15) is 5.75 Å². The fourth-order valence-electron chi connectivity index (χ4n) is 2.39. The molecule has 0 saturated carbocycles. The van der Waals surface area contributed by atoms with Crippen molar-refractivity contribution in [3.8, 4) is 5.75 Å². The van der Waals surface area contributed by atoms with Crippen LogP contribution in [-0.4, -0.2) is 18.3 Å². The maximum atomic E-state index is 12.1. The second-order valence-corrected chi connectivity index (χ2v) is 5.94. The van der Waals surface area contributed by atoms with E-state index in [1.54, 1.807) is 18.2 Å². The topological polar surface area (TPSA) is 65.3 Å². The summed E-state index contributed by atoms with van der Waals surface area (Å²) < 4.78 is 6.34. The van der Waals surface area contributed by atoms with Crippen LogP contribution in [0.3, 0.4) is 0 Å². The Hall–Kier alpha value is -2.21. The van der Waals surface area contributed by atoms with Crippen LogP contribution in [0, 0.1) is 5.21 Å². The molecule has 6 heteroatoms. The summed E-state index contributed by atoms with van der Waals surface area (Å²) in [5.74, 6) is 0.953. The molecule has 3 rings (SSSR count). The van der Waals surface area contributed by atoms with Crippen LogP contribution in [-0.2, 0) is 4.79 Å². The first-order chi connectivity index (χ1) is 10.7. The molecule has 0 fully saturated rings. The molecular weight excluding hydrogens is 300 g/mol. The van der Waals surface area contributed by atoms with Gasteiger partial charge in [-0.3, -0.25) is 4.79 Å². The number of benzene rings is 1. The van der Waals surface area contributed by atoms with Gasteiger partial charge in [0, 0.05) is 24.1 Å². The number of hydrogen-bond acceptors (Lipinski definition) is 4. The van der Waals surface area contributed by atoms with Crippen LogP contribution >= 0.6 is 11.8 Å². The van der Waals surface area contributed by atoms with Crippen LogP contribution < -0.4 is 14.8 Å². The Morgan fingerprint density at radius 1 is 1.32 bits per heavy atom. The number of nitrogens with zero attached hydrogens (tertiary/aromatic N) is 1. The number of ether oxygens (including phenoxy) is 1.